The van der Waals surface area contributed by atoms with E-state index >= 15 is 0 Å². The molecule has 0 bridgehead atoms. The Labute approximate surface area is 111 Å². The lowest BCUT2D eigenvalue weighted by molar-refractivity contribution is 0.0514. The zero-order valence-corrected chi connectivity index (χ0v) is 12.7. The predicted octanol–water partition coefficient (Wildman–Crippen LogP) is -0.224. The normalized spacial score (nSPS) is 21.4. The molecule has 0 unspecified atom stereocenters. The van der Waals surface area contributed by atoms with Crippen molar-refractivity contribution in [2.75, 3.05) is 51.8 Å². The first-order chi connectivity index (χ1) is 8.33. The van der Waals surface area contributed by atoms with Gasteiger partial charge in [-0.2, -0.15) is 0 Å². The van der Waals surface area contributed by atoms with E-state index in [0.717, 1.165) is 32.5 Å². The molecule has 1 heterocycles. The van der Waals surface area contributed by atoms with Crippen molar-refractivity contribution in [1.82, 2.24) is 9.80 Å². The van der Waals surface area contributed by atoms with E-state index in [9.17, 15) is 8.42 Å². The van der Waals surface area contributed by atoms with Crippen LogP contribution in [0.2, 0.25) is 0 Å². The van der Waals surface area contributed by atoms with Gasteiger partial charge >= 0.3 is 0 Å². The van der Waals surface area contributed by atoms with Crippen molar-refractivity contribution in [3.05, 3.63) is 0 Å². The molecule has 1 rings (SSSR count). The largest absolute Gasteiger partial charge is 0.329 e. The van der Waals surface area contributed by atoms with Gasteiger partial charge in [0.1, 0.15) is 9.84 Å². The first kappa shape index (κ1) is 15.9. The molecule has 1 saturated heterocycles. The topological polar surface area (TPSA) is 66.6 Å². The molecular formula is C12H27N3O2S. The van der Waals surface area contributed by atoms with Crippen LogP contribution >= 0.6 is 0 Å². The molecule has 0 spiro atoms. The lowest BCUT2D eigenvalue weighted by atomic mass is 9.86. The molecule has 1 aliphatic rings. The van der Waals surface area contributed by atoms with Gasteiger partial charge in [0.2, 0.25) is 0 Å². The maximum Gasteiger partial charge on any atom is 0.148 e. The van der Waals surface area contributed by atoms with Crippen molar-refractivity contribution in [3.8, 4) is 0 Å². The number of nitrogens with two attached hydrogens (primary N) is 1. The fourth-order valence-electron chi connectivity index (χ4n) is 2.57. The van der Waals surface area contributed by atoms with Crippen LogP contribution in [0, 0.1) is 0 Å². The van der Waals surface area contributed by atoms with Gasteiger partial charge in [0.05, 0.1) is 5.75 Å². The molecule has 5 nitrogen and oxygen atoms in total. The molecule has 0 aromatic carbocycles. The second-order valence-corrected chi connectivity index (χ2v) is 7.67. The molecule has 0 atom stereocenters. The summed E-state index contributed by atoms with van der Waals surface area (Å²) in [6.45, 7) is 6.53. The van der Waals surface area contributed by atoms with E-state index < -0.39 is 9.84 Å². The molecule has 108 valence electrons. The Morgan fingerprint density at radius 2 is 1.89 bits per heavy atom. The smallest absolute Gasteiger partial charge is 0.148 e. The lowest BCUT2D eigenvalue weighted by Crippen LogP contribution is -2.58. The SMILES string of the molecule is CCN1CCC(CN)(N(C)CCS(C)(=O)=O)CC1. The van der Waals surface area contributed by atoms with Gasteiger partial charge in [0, 0.05) is 24.9 Å². The number of hydrogen-bond donors (Lipinski definition) is 1. The highest BCUT2D eigenvalue weighted by molar-refractivity contribution is 7.90. The van der Waals surface area contributed by atoms with Crippen LogP contribution in [0.5, 0.6) is 0 Å². The zero-order valence-electron chi connectivity index (χ0n) is 11.9. The van der Waals surface area contributed by atoms with Crippen molar-refractivity contribution < 1.29 is 8.42 Å². The maximum absolute atomic E-state index is 11.2. The third kappa shape index (κ3) is 4.19. The summed E-state index contributed by atoms with van der Waals surface area (Å²) in [5.41, 5.74) is 5.94. The number of likely N-dealkylation sites (tertiary alicyclic amines) is 1. The minimum atomic E-state index is -2.90. The number of hydrogen-bond acceptors (Lipinski definition) is 5. The van der Waals surface area contributed by atoms with E-state index in [4.69, 9.17) is 5.73 Å². The van der Waals surface area contributed by atoms with Gasteiger partial charge in [-0.15, -0.1) is 0 Å². The number of likely N-dealkylation sites (N-methyl/N-ethyl adjacent to an activating group) is 1. The van der Waals surface area contributed by atoms with Crippen LogP contribution in [0.25, 0.3) is 0 Å². The Bertz CT molecular complexity index is 348. The standard InChI is InChI=1S/C12H27N3O2S/c1-4-15-7-5-12(11-13,6-8-15)14(2)9-10-18(3,16)17/h4-11,13H2,1-3H3. The van der Waals surface area contributed by atoms with Crippen LogP contribution < -0.4 is 5.73 Å². The maximum atomic E-state index is 11.2. The van der Waals surface area contributed by atoms with Gasteiger partial charge in [-0.25, -0.2) is 8.42 Å². The Hall–Kier alpha value is -0.170. The second kappa shape index (κ2) is 6.32. The average Bonchev–Trinajstić information content (AvgIpc) is 2.35. The highest BCUT2D eigenvalue weighted by atomic mass is 32.2. The van der Waals surface area contributed by atoms with Crippen molar-refractivity contribution in [2.24, 2.45) is 5.73 Å². The van der Waals surface area contributed by atoms with Gasteiger partial charge in [-0.3, -0.25) is 4.90 Å². The summed E-state index contributed by atoms with van der Waals surface area (Å²) in [5, 5.41) is 0. The Kier molecular flexibility index (Phi) is 5.58. The minimum absolute atomic E-state index is 0.0175. The second-order valence-electron chi connectivity index (χ2n) is 5.41. The third-order valence-corrected chi connectivity index (χ3v) is 5.15. The summed E-state index contributed by atoms with van der Waals surface area (Å²) >= 11 is 0. The molecule has 2 N–H and O–H groups in total. The van der Waals surface area contributed by atoms with Gasteiger partial charge < -0.3 is 10.6 Å². The van der Waals surface area contributed by atoms with Crippen LogP contribution in [-0.4, -0.2) is 75.5 Å². The minimum Gasteiger partial charge on any atom is -0.329 e. The van der Waals surface area contributed by atoms with Crippen molar-refractivity contribution in [1.29, 1.82) is 0 Å². The van der Waals surface area contributed by atoms with E-state index in [0.29, 0.717) is 13.1 Å². The number of rotatable bonds is 6. The average molecular weight is 277 g/mol. The molecule has 0 aromatic heterocycles. The van der Waals surface area contributed by atoms with Crippen molar-refractivity contribution in [2.45, 2.75) is 25.3 Å². The van der Waals surface area contributed by atoms with Gasteiger partial charge in [0.25, 0.3) is 0 Å². The quantitative estimate of drug-likeness (QED) is 0.727. The van der Waals surface area contributed by atoms with Crippen LogP contribution in [-0.2, 0) is 9.84 Å². The summed E-state index contributed by atoms with van der Waals surface area (Å²) in [5.74, 6) is 0.211. The zero-order chi connectivity index (χ0) is 13.8. The lowest BCUT2D eigenvalue weighted by Gasteiger charge is -2.46. The van der Waals surface area contributed by atoms with E-state index in [1.807, 2.05) is 7.05 Å². The van der Waals surface area contributed by atoms with Crippen molar-refractivity contribution >= 4 is 9.84 Å². The fraction of sp³-hybridized carbons (Fsp3) is 1.00. The van der Waals surface area contributed by atoms with Crippen molar-refractivity contribution in [3.63, 3.8) is 0 Å². The first-order valence-corrected chi connectivity index (χ1v) is 8.70. The van der Waals surface area contributed by atoms with Gasteiger partial charge in [-0.05, 0) is 39.5 Å². The van der Waals surface area contributed by atoms with E-state index in [1.54, 1.807) is 0 Å². The number of nitrogens with zero attached hydrogens (tertiary/aromatic N) is 2. The van der Waals surface area contributed by atoms with Crippen LogP contribution in [0.4, 0.5) is 0 Å². The Balaban J connectivity index is 2.59. The van der Waals surface area contributed by atoms with Crippen LogP contribution in [0.3, 0.4) is 0 Å². The van der Waals surface area contributed by atoms with Gasteiger partial charge in [0.15, 0.2) is 0 Å². The molecule has 6 heteroatoms. The molecule has 0 aromatic rings. The Morgan fingerprint density at radius 3 is 2.28 bits per heavy atom. The molecule has 0 aliphatic carbocycles. The molecule has 0 amide bonds. The molecule has 1 fully saturated rings. The third-order valence-electron chi connectivity index (χ3n) is 4.22. The molecule has 0 radical (unpaired) electrons. The molecule has 1 aliphatic heterocycles. The highest BCUT2D eigenvalue weighted by Crippen LogP contribution is 2.26. The predicted molar refractivity (Wildman–Crippen MR) is 75.5 cm³/mol. The van der Waals surface area contributed by atoms with E-state index in [-0.39, 0.29) is 11.3 Å². The highest BCUT2D eigenvalue weighted by Gasteiger charge is 2.36. The van der Waals surface area contributed by atoms with Crippen LogP contribution in [0.15, 0.2) is 0 Å². The summed E-state index contributed by atoms with van der Waals surface area (Å²) in [7, 11) is -0.902. The summed E-state index contributed by atoms with van der Waals surface area (Å²) in [6.07, 6.45) is 3.34. The Morgan fingerprint density at radius 1 is 1.33 bits per heavy atom. The fourth-order valence-corrected chi connectivity index (χ4v) is 3.17. The summed E-state index contributed by atoms with van der Waals surface area (Å²) in [4.78, 5) is 4.57. The first-order valence-electron chi connectivity index (χ1n) is 6.64. The monoisotopic (exact) mass is 277 g/mol. The van der Waals surface area contributed by atoms with Gasteiger partial charge in [-0.1, -0.05) is 6.92 Å². The number of sulfone groups is 1. The molecule has 18 heavy (non-hydrogen) atoms. The molecule has 0 saturated carbocycles. The summed E-state index contributed by atoms with van der Waals surface area (Å²) in [6, 6.07) is 0. The molecular weight excluding hydrogens is 250 g/mol. The number of piperidine rings is 1. The van der Waals surface area contributed by atoms with E-state index in [2.05, 4.69) is 16.7 Å². The van der Waals surface area contributed by atoms with E-state index in [1.165, 1.54) is 6.26 Å². The summed E-state index contributed by atoms with van der Waals surface area (Å²) < 4.78 is 22.5. The van der Waals surface area contributed by atoms with Crippen LogP contribution in [0.1, 0.15) is 19.8 Å².